The molecule has 0 aliphatic heterocycles. The second-order valence-electron chi connectivity index (χ2n) is 12.9. The molecule has 0 aromatic heterocycles. The average molecular weight is 610 g/mol. The second-order valence-corrected chi connectivity index (χ2v) is 12.9. The number of rotatable bonds is 34. The van der Waals surface area contributed by atoms with Crippen LogP contribution in [0.1, 0.15) is 201 Å². The van der Waals surface area contributed by atoms with Crippen LogP contribution in [0.2, 0.25) is 0 Å². The molecule has 5 heteroatoms. The molecule has 0 aliphatic rings. The fraction of sp³-hybridized carbons (Fsp3) is 0.947. The largest absolute Gasteiger partial charge is 0.466 e. The third-order valence-electron chi connectivity index (χ3n) is 8.73. The zero-order valence-corrected chi connectivity index (χ0v) is 29.6. The summed E-state index contributed by atoms with van der Waals surface area (Å²) in [5.41, 5.74) is 0. The highest BCUT2D eigenvalue weighted by atomic mass is 16.5. The zero-order valence-electron chi connectivity index (χ0n) is 29.6. The topological polar surface area (TPSA) is 55.8 Å². The van der Waals surface area contributed by atoms with Gasteiger partial charge in [-0.05, 0) is 77.4 Å². The smallest absolute Gasteiger partial charge is 0.306 e. The maximum absolute atomic E-state index is 12.7. The summed E-state index contributed by atoms with van der Waals surface area (Å²) in [5, 5.41) is 0. The van der Waals surface area contributed by atoms with Gasteiger partial charge in [0.2, 0.25) is 0 Å². The van der Waals surface area contributed by atoms with E-state index in [0.717, 1.165) is 83.8 Å². The normalized spacial score (nSPS) is 11.5. The third kappa shape index (κ3) is 30.7. The Morgan fingerprint density at radius 1 is 0.488 bits per heavy atom. The number of esters is 2. The summed E-state index contributed by atoms with van der Waals surface area (Å²) >= 11 is 0. The minimum Gasteiger partial charge on any atom is -0.466 e. The van der Waals surface area contributed by atoms with Gasteiger partial charge in [0, 0.05) is 12.8 Å². The van der Waals surface area contributed by atoms with Gasteiger partial charge >= 0.3 is 11.9 Å². The van der Waals surface area contributed by atoms with Gasteiger partial charge in [0.15, 0.2) is 0 Å². The molecule has 0 spiro atoms. The van der Waals surface area contributed by atoms with Crippen LogP contribution in [0.25, 0.3) is 0 Å². The average Bonchev–Trinajstić information content (AvgIpc) is 3.00. The van der Waals surface area contributed by atoms with Crippen LogP contribution in [0.3, 0.4) is 0 Å². The van der Waals surface area contributed by atoms with E-state index in [-0.39, 0.29) is 18.0 Å². The summed E-state index contributed by atoms with van der Waals surface area (Å²) in [6, 6.07) is 0. The van der Waals surface area contributed by atoms with Crippen molar-refractivity contribution in [1.29, 1.82) is 0 Å². The van der Waals surface area contributed by atoms with E-state index in [9.17, 15) is 9.59 Å². The highest BCUT2D eigenvalue weighted by Gasteiger charge is 2.14. The third-order valence-corrected chi connectivity index (χ3v) is 8.73. The van der Waals surface area contributed by atoms with E-state index in [2.05, 4.69) is 32.6 Å². The van der Waals surface area contributed by atoms with Crippen molar-refractivity contribution in [3.05, 3.63) is 0 Å². The molecule has 0 fully saturated rings. The molecule has 0 N–H and O–H groups in total. The lowest BCUT2D eigenvalue weighted by Gasteiger charge is -2.20. The summed E-state index contributed by atoms with van der Waals surface area (Å²) in [4.78, 5) is 27.1. The molecule has 0 aromatic rings. The van der Waals surface area contributed by atoms with Crippen LogP contribution in [-0.4, -0.2) is 49.2 Å². The summed E-state index contributed by atoms with van der Waals surface area (Å²) in [6.07, 6.45) is 31.0. The molecule has 0 aromatic carbocycles. The maximum atomic E-state index is 12.7. The Morgan fingerprint density at radius 2 is 0.907 bits per heavy atom. The Kier molecular flexibility index (Phi) is 32.9. The highest BCUT2D eigenvalue weighted by Crippen LogP contribution is 2.18. The molecule has 0 saturated heterocycles. The van der Waals surface area contributed by atoms with Crippen LogP contribution in [0, 0.1) is 0 Å². The first kappa shape index (κ1) is 41.9. The number of nitrogens with zero attached hydrogens (tertiary/aromatic N) is 1. The summed E-state index contributed by atoms with van der Waals surface area (Å²) < 4.78 is 11.4. The fourth-order valence-corrected chi connectivity index (χ4v) is 5.77. The highest BCUT2D eigenvalue weighted by molar-refractivity contribution is 5.69. The number of carbonyl (C=O) groups excluding carboxylic acids is 2. The summed E-state index contributed by atoms with van der Waals surface area (Å²) in [6.45, 7) is 12.8. The molecule has 256 valence electrons. The molecule has 5 nitrogen and oxygen atoms in total. The Bertz CT molecular complexity index is 580. The van der Waals surface area contributed by atoms with Crippen molar-refractivity contribution in [2.45, 2.75) is 207 Å². The SMILES string of the molecule is CCCCCCCCC(CCCCCCCC)OC(=O)CCCCCN(CC)CCCCCC(=O)OCCCCCCC. The molecular formula is C38H75NO4. The Hall–Kier alpha value is -1.10. The molecule has 0 aliphatic carbocycles. The van der Waals surface area contributed by atoms with Crippen molar-refractivity contribution in [3.63, 3.8) is 0 Å². The molecule has 0 bridgehead atoms. The predicted octanol–water partition coefficient (Wildman–Crippen LogP) is 11.4. The van der Waals surface area contributed by atoms with Crippen molar-refractivity contribution >= 4 is 11.9 Å². The van der Waals surface area contributed by atoms with Crippen LogP contribution < -0.4 is 0 Å². The molecule has 43 heavy (non-hydrogen) atoms. The molecule has 0 unspecified atom stereocenters. The quantitative estimate of drug-likeness (QED) is 0.0536. The summed E-state index contributed by atoms with van der Waals surface area (Å²) in [5.74, 6) is -0.0122. The first-order valence-corrected chi connectivity index (χ1v) is 19.1. The maximum Gasteiger partial charge on any atom is 0.306 e. The molecule has 0 amide bonds. The second kappa shape index (κ2) is 33.8. The Morgan fingerprint density at radius 3 is 1.40 bits per heavy atom. The van der Waals surface area contributed by atoms with Gasteiger partial charge in [0.1, 0.15) is 6.10 Å². The van der Waals surface area contributed by atoms with Crippen molar-refractivity contribution < 1.29 is 19.1 Å². The van der Waals surface area contributed by atoms with Gasteiger partial charge in [-0.15, -0.1) is 0 Å². The zero-order chi connectivity index (χ0) is 31.6. The van der Waals surface area contributed by atoms with E-state index < -0.39 is 0 Å². The van der Waals surface area contributed by atoms with E-state index in [1.807, 2.05) is 0 Å². The van der Waals surface area contributed by atoms with Crippen molar-refractivity contribution in [1.82, 2.24) is 4.90 Å². The van der Waals surface area contributed by atoms with Crippen LogP contribution >= 0.6 is 0 Å². The number of hydrogen-bond donors (Lipinski definition) is 0. The molecule has 0 rings (SSSR count). The van der Waals surface area contributed by atoms with E-state index in [4.69, 9.17) is 9.47 Å². The lowest BCUT2D eigenvalue weighted by Crippen LogP contribution is -2.25. The molecule has 0 atom stereocenters. The lowest BCUT2D eigenvalue weighted by atomic mass is 10.0. The van der Waals surface area contributed by atoms with E-state index in [1.165, 1.54) is 96.3 Å². The first-order valence-electron chi connectivity index (χ1n) is 19.1. The molecule has 0 saturated carbocycles. The Balaban J connectivity index is 4.01. The van der Waals surface area contributed by atoms with Crippen LogP contribution in [-0.2, 0) is 19.1 Å². The van der Waals surface area contributed by atoms with Gasteiger partial charge in [-0.2, -0.15) is 0 Å². The minimum absolute atomic E-state index is 0.0179. The lowest BCUT2D eigenvalue weighted by molar-refractivity contribution is -0.150. The number of carbonyl (C=O) groups is 2. The molecule has 0 radical (unpaired) electrons. The van der Waals surface area contributed by atoms with Crippen molar-refractivity contribution in [3.8, 4) is 0 Å². The van der Waals surface area contributed by atoms with Crippen LogP contribution in [0.4, 0.5) is 0 Å². The predicted molar refractivity (Wildman–Crippen MR) is 185 cm³/mol. The van der Waals surface area contributed by atoms with E-state index in [1.54, 1.807) is 0 Å². The van der Waals surface area contributed by atoms with Gasteiger partial charge < -0.3 is 14.4 Å². The number of unbranched alkanes of at least 4 members (excludes halogenated alkanes) is 18. The minimum atomic E-state index is -0.0301. The van der Waals surface area contributed by atoms with Gasteiger partial charge in [0.05, 0.1) is 6.61 Å². The first-order chi connectivity index (χ1) is 21.1. The van der Waals surface area contributed by atoms with E-state index in [0.29, 0.717) is 19.4 Å². The monoisotopic (exact) mass is 610 g/mol. The van der Waals surface area contributed by atoms with Gasteiger partial charge in [0.25, 0.3) is 0 Å². The fourth-order valence-electron chi connectivity index (χ4n) is 5.77. The van der Waals surface area contributed by atoms with Gasteiger partial charge in [-0.3, -0.25) is 9.59 Å². The van der Waals surface area contributed by atoms with Gasteiger partial charge in [-0.25, -0.2) is 0 Å². The van der Waals surface area contributed by atoms with Crippen molar-refractivity contribution in [2.75, 3.05) is 26.2 Å². The van der Waals surface area contributed by atoms with Crippen molar-refractivity contribution in [2.24, 2.45) is 0 Å². The van der Waals surface area contributed by atoms with E-state index >= 15 is 0 Å². The standard InChI is InChI=1S/C38H75NO4/c1-5-9-12-15-17-22-29-36(30-23-18-16-13-10-6-2)43-38(41)32-25-21-27-34-39(8-4)33-26-20-24-31-37(40)42-35-28-19-14-11-7-3/h36H,5-35H2,1-4H3. The van der Waals surface area contributed by atoms with Crippen LogP contribution in [0.5, 0.6) is 0 Å². The Labute approximate surface area is 269 Å². The molecule has 0 heterocycles. The number of hydrogen-bond acceptors (Lipinski definition) is 5. The van der Waals surface area contributed by atoms with Gasteiger partial charge in [-0.1, -0.05) is 130 Å². The van der Waals surface area contributed by atoms with Crippen LogP contribution in [0.15, 0.2) is 0 Å². The number of ether oxygens (including phenoxy) is 2. The molecular weight excluding hydrogens is 534 g/mol. The summed E-state index contributed by atoms with van der Waals surface area (Å²) in [7, 11) is 0.